The van der Waals surface area contributed by atoms with E-state index in [1.807, 2.05) is 0 Å². The van der Waals surface area contributed by atoms with E-state index in [0.717, 1.165) is 12.8 Å². The number of hydrogen-bond donors (Lipinski definition) is 0. The summed E-state index contributed by atoms with van der Waals surface area (Å²) < 4.78 is 32.6. The van der Waals surface area contributed by atoms with Gasteiger partial charge in [0.15, 0.2) is 14.1 Å². The fourth-order valence-corrected chi connectivity index (χ4v) is 11.9. The molecule has 3 saturated heterocycles. The van der Waals surface area contributed by atoms with E-state index < -0.39 is 23.0 Å². The van der Waals surface area contributed by atoms with Gasteiger partial charge in [-0.3, -0.25) is 4.79 Å². The van der Waals surface area contributed by atoms with Crippen molar-refractivity contribution in [2.45, 2.75) is 147 Å². The third kappa shape index (κ3) is 5.58. The topological polar surface area (TPSA) is 63.2 Å². The number of hydrogen-bond acceptors (Lipinski definition) is 6. The first-order valence-corrected chi connectivity index (χ1v) is 17.9. The summed E-state index contributed by atoms with van der Waals surface area (Å²) in [6.07, 6.45) is 1.88. The molecule has 3 rings (SSSR count). The van der Waals surface area contributed by atoms with E-state index in [2.05, 4.69) is 75.4 Å². The van der Waals surface area contributed by atoms with Crippen LogP contribution in [0.2, 0.25) is 28.2 Å². The van der Waals surface area contributed by atoms with E-state index in [1.165, 1.54) is 0 Å². The summed E-state index contributed by atoms with van der Waals surface area (Å²) in [7, 11) is -4.55. The number of carbonyl (C=O) groups excluding carboxylic acids is 1. The summed E-state index contributed by atoms with van der Waals surface area (Å²) >= 11 is 0. The van der Waals surface area contributed by atoms with Crippen LogP contribution in [0.25, 0.3) is 0 Å². The van der Waals surface area contributed by atoms with Crippen molar-refractivity contribution >= 4 is 22.7 Å². The van der Waals surface area contributed by atoms with Crippen LogP contribution in [0, 0.1) is 0 Å². The molecule has 34 heavy (non-hydrogen) atoms. The summed E-state index contributed by atoms with van der Waals surface area (Å²) in [6, 6.07) is 0. The molecule has 0 aromatic carbocycles. The molecule has 0 radical (unpaired) electrons. The van der Waals surface area contributed by atoms with Gasteiger partial charge in [-0.2, -0.15) is 0 Å². The number of rotatable bonds is 4. The van der Waals surface area contributed by atoms with Crippen LogP contribution in [0.1, 0.15) is 88.0 Å². The van der Waals surface area contributed by atoms with Crippen LogP contribution in [0.15, 0.2) is 0 Å². The van der Waals surface area contributed by atoms with Crippen molar-refractivity contribution in [3.05, 3.63) is 0 Å². The molecule has 8 heteroatoms. The lowest BCUT2D eigenvalue weighted by molar-refractivity contribution is -0.184. The quantitative estimate of drug-likeness (QED) is 0.421. The third-order valence-electron chi connectivity index (χ3n) is 8.34. The molecule has 0 spiro atoms. The molecular formula is C26H50O6Si2. The predicted molar refractivity (Wildman–Crippen MR) is 140 cm³/mol. The second kappa shape index (κ2) is 9.65. The van der Waals surface area contributed by atoms with Gasteiger partial charge in [-0.1, -0.05) is 62.3 Å². The number of Topliss-reactive ketones (excluding diaryl/α,β-unsaturated/α-hetero) is 1. The molecule has 0 aromatic heterocycles. The first-order valence-electron chi connectivity index (χ1n) is 13.2. The van der Waals surface area contributed by atoms with Crippen molar-refractivity contribution in [1.82, 2.24) is 0 Å². The summed E-state index contributed by atoms with van der Waals surface area (Å²) in [5, 5.41) is -0.0899. The van der Waals surface area contributed by atoms with E-state index >= 15 is 0 Å². The Hall–Kier alpha value is -0.0962. The Balaban J connectivity index is 1.70. The van der Waals surface area contributed by atoms with E-state index in [9.17, 15) is 4.79 Å². The zero-order valence-corrected chi connectivity index (χ0v) is 25.6. The Morgan fingerprint density at radius 3 is 2.18 bits per heavy atom. The largest absolute Gasteiger partial charge is 0.411 e. The minimum absolute atomic E-state index is 0.0180. The predicted octanol–water partition coefficient (Wildman–Crippen LogP) is 6.13. The van der Waals surface area contributed by atoms with Crippen LogP contribution < -0.4 is 0 Å². The second-order valence-electron chi connectivity index (χ2n) is 14.1. The lowest BCUT2D eigenvalue weighted by Crippen LogP contribution is -2.67. The average molecular weight is 515 g/mol. The number of ketones is 1. The van der Waals surface area contributed by atoms with Crippen LogP contribution in [0.3, 0.4) is 0 Å². The highest BCUT2D eigenvalue weighted by molar-refractivity contribution is 6.74. The van der Waals surface area contributed by atoms with Crippen LogP contribution in [-0.4, -0.2) is 66.4 Å². The van der Waals surface area contributed by atoms with Crippen LogP contribution >= 0.6 is 0 Å². The molecule has 3 aliphatic heterocycles. The molecule has 0 amide bonds. The van der Waals surface area contributed by atoms with Gasteiger partial charge in [0.2, 0.25) is 0 Å². The van der Waals surface area contributed by atoms with Crippen LogP contribution in [0.5, 0.6) is 0 Å². The van der Waals surface area contributed by atoms with E-state index in [1.54, 1.807) is 0 Å². The standard InChI is InChI=1S/C26H50O6Si2/c1-24(2,3)33(10,11)31-19-13-12-14-28-21(19)16-20-18(27)15-22-23(30-20)17-29-34(32-22,25(4,5)6)26(7,8)9/h19-23H,12-17H2,1-11H3/t19-,20-,21+,22-,23+/m0/s1. The Morgan fingerprint density at radius 2 is 1.62 bits per heavy atom. The number of ether oxygens (including phenoxy) is 2. The highest BCUT2D eigenvalue weighted by Crippen LogP contribution is 2.55. The number of carbonyl (C=O) groups is 1. The summed E-state index contributed by atoms with van der Waals surface area (Å²) in [6.45, 7) is 25.7. The van der Waals surface area contributed by atoms with Crippen molar-refractivity contribution in [1.29, 1.82) is 0 Å². The molecule has 198 valence electrons. The third-order valence-corrected chi connectivity index (χ3v) is 18.0. The monoisotopic (exact) mass is 514 g/mol. The molecule has 0 N–H and O–H groups in total. The maximum atomic E-state index is 13.3. The molecule has 6 nitrogen and oxygen atoms in total. The van der Waals surface area contributed by atoms with Crippen molar-refractivity contribution in [3.8, 4) is 0 Å². The van der Waals surface area contributed by atoms with Gasteiger partial charge in [0.1, 0.15) is 12.2 Å². The van der Waals surface area contributed by atoms with Gasteiger partial charge in [-0.05, 0) is 31.0 Å². The minimum atomic E-state index is -2.62. The molecule has 0 unspecified atom stereocenters. The van der Waals surface area contributed by atoms with Crippen molar-refractivity contribution < 1.29 is 27.5 Å². The van der Waals surface area contributed by atoms with Crippen LogP contribution in [-0.2, 0) is 27.5 Å². The van der Waals surface area contributed by atoms with Gasteiger partial charge in [-0.25, -0.2) is 0 Å². The molecule has 0 bridgehead atoms. The van der Waals surface area contributed by atoms with E-state index in [-0.39, 0.29) is 45.3 Å². The normalized spacial score (nSPS) is 33.5. The molecule has 3 aliphatic rings. The lowest BCUT2D eigenvalue weighted by atomic mass is 9.93. The first kappa shape index (κ1) is 28.5. The molecule has 0 aliphatic carbocycles. The molecule has 0 aromatic rings. The molecule has 3 heterocycles. The second-order valence-corrected chi connectivity index (χ2v) is 23.6. The lowest BCUT2D eigenvalue weighted by Gasteiger charge is -2.55. The fraction of sp³-hybridized carbons (Fsp3) is 0.962. The molecule has 0 saturated carbocycles. The Morgan fingerprint density at radius 1 is 1.00 bits per heavy atom. The maximum absolute atomic E-state index is 13.3. The zero-order chi connectivity index (χ0) is 25.7. The maximum Gasteiger partial charge on any atom is 0.349 e. The average Bonchev–Trinajstić information content (AvgIpc) is 2.66. The molecule has 3 fully saturated rings. The first-order chi connectivity index (χ1) is 15.4. The van der Waals surface area contributed by atoms with Crippen LogP contribution in [0.4, 0.5) is 0 Å². The van der Waals surface area contributed by atoms with Gasteiger partial charge in [0.05, 0.1) is 24.9 Å². The van der Waals surface area contributed by atoms with Crippen molar-refractivity contribution in [2.24, 2.45) is 0 Å². The van der Waals surface area contributed by atoms with Gasteiger partial charge >= 0.3 is 8.56 Å². The number of fused-ring (bicyclic) bond motifs is 1. The fourth-order valence-electron chi connectivity index (χ4n) is 5.58. The highest BCUT2D eigenvalue weighted by atomic mass is 28.4. The Kier molecular flexibility index (Phi) is 8.08. The SMILES string of the molecule is CC(C)(C)[Si](C)(C)O[C@H]1CCCO[C@@H]1C[C@@H]1O[C@@H]2CO[Si](C(C)(C)C)(C(C)(C)C)O[C@H]2CC1=O. The van der Waals surface area contributed by atoms with E-state index in [0.29, 0.717) is 26.1 Å². The summed E-state index contributed by atoms with van der Waals surface area (Å²) in [4.78, 5) is 13.3. The van der Waals surface area contributed by atoms with Gasteiger partial charge in [0, 0.05) is 29.5 Å². The van der Waals surface area contributed by atoms with Crippen molar-refractivity contribution in [2.75, 3.05) is 13.2 Å². The molecule has 5 atom stereocenters. The smallest absolute Gasteiger partial charge is 0.349 e. The van der Waals surface area contributed by atoms with E-state index in [4.69, 9.17) is 22.8 Å². The minimum Gasteiger partial charge on any atom is -0.411 e. The van der Waals surface area contributed by atoms with Gasteiger partial charge in [-0.15, -0.1) is 0 Å². The molecular weight excluding hydrogens is 464 g/mol. The zero-order valence-electron chi connectivity index (χ0n) is 23.6. The van der Waals surface area contributed by atoms with Crippen molar-refractivity contribution in [3.63, 3.8) is 0 Å². The van der Waals surface area contributed by atoms with Gasteiger partial charge < -0.3 is 22.8 Å². The summed E-state index contributed by atoms with van der Waals surface area (Å²) in [5.41, 5.74) is 0. The Bertz CT molecular complexity index is 719. The Labute approximate surface area is 210 Å². The summed E-state index contributed by atoms with van der Waals surface area (Å²) in [5.74, 6) is 0.120. The highest BCUT2D eigenvalue weighted by Gasteiger charge is 2.63. The van der Waals surface area contributed by atoms with Gasteiger partial charge in [0.25, 0.3) is 0 Å².